The van der Waals surface area contributed by atoms with Gasteiger partial charge >= 0.3 is 0 Å². The van der Waals surface area contributed by atoms with Gasteiger partial charge in [0.05, 0.1) is 17.6 Å². The van der Waals surface area contributed by atoms with E-state index in [0.29, 0.717) is 0 Å². The van der Waals surface area contributed by atoms with E-state index in [0.717, 1.165) is 23.1 Å². The number of carbonyl (C=O) groups is 2. The van der Waals surface area contributed by atoms with Crippen molar-refractivity contribution < 1.29 is 19.4 Å². The second-order valence-electron chi connectivity index (χ2n) is 5.06. The minimum absolute atomic E-state index is 0.109. The maximum absolute atomic E-state index is 11.5. The molecule has 122 valence electrons. The highest BCUT2D eigenvalue weighted by Crippen LogP contribution is 2.22. The molecule has 23 heavy (non-hydrogen) atoms. The van der Waals surface area contributed by atoms with Crippen molar-refractivity contribution in [2.45, 2.75) is 31.6 Å². The summed E-state index contributed by atoms with van der Waals surface area (Å²) in [7, 11) is 0. The molecule has 1 amide bonds. The molecule has 0 spiro atoms. The van der Waals surface area contributed by atoms with E-state index in [1.807, 2.05) is 38.1 Å². The third-order valence-electron chi connectivity index (χ3n) is 2.74. The second kappa shape index (κ2) is 7.77. The van der Waals surface area contributed by atoms with Gasteiger partial charge in [-0.05, 0) is 43.7 Å². The molecular formula is C15H16N3O4S-. The van der Waals surface area contributed by atoms with Crippen LogP contribution in [0.5, 0.6) is 5.75 Å². The Morgan fingerprint density at radius 1 is 1.43 bits per heavy atom. The summed E-state index contributed by atoms with van der Waals surface area (Å²) < 4.78 is 5.53. The van der Waals surface area contributed by atoms with Crippen LogP contribution in [0.4, 0.5) is 0 Å². The molecule has 1 aliphatic rings. The normalized spacial score (nSPS) is 19.5. The van der Waals surface area contributed by atoms with Crippen molar-refractivity contribution in [1.82, 2.24) is 5.32 Å². The summed E-state index contributed by atoms with van der Waals surface area (Å²) in [5.74, 6) is -0.901. The quantitative estimate of drug-likeness (QED) is 0.604. The number of carboxylic acid groups (broad SMARTS) is 1. The Labute approximate surface area is 137 Å². The van der Waals surface area contributed by atoms with Crippen molar-refractivity contribution in [2.24, 2.45) is 10.2 Å². The number of nitrogens with zero attached hydrogens (tertiary/aromatic N) is 2. The van der Waals surface area contributed by atoms with Gasteiger partial charge in [0, 0.05) is 12.4 Å². The van der Waals surface area contributed by atoms with Crippen LogP contribution in [-0.2, 0) is 9.59 Å². The van der Waals surface area contributed by atoms with Crippen LogP contribution in [0.2, 0.25) is 0 Å². The lowest BCUT2D eigenvalue weighted by Gasteiger charge is -2.08. The van der Waals surface area contributed by atoms with Crippen molar-refractivity contribution in [3.63, 3.8) is 0 Å². The number of hydrogen-bond acceptors (Lipinski definition) is 7. The van der Waals surface area contributed by atoms with Crippen LogP contribution in [0.1, 0.15) is 25.8 Å². The van der Waals surface area contributed by atoms with Crippen molar-refractivity contribution in [3.05, 3.63) is 29.8 Å². The number of aliphatic carboxylic acids is 1. The first-order valence-electron chi connectivity index (χ1n) is 6.99. The summed E-state index contributed by atoms with van der Waals surface area (Å²) in [4.78, 5) is 22.0. The molecule has 1 saturated heterocycles. The predicted molar refractivity (Wildman–Crippen MR) is 86.4 cm³/mol. The van der Waals surface area contributed by atoms with E-state index in [-0.39, 0.29) is 17.7 Å². The number of nitrogens with one attached hydrogen (secondary N) is 1. The van der Waals surface area contributed by atoms with E-state index in [9.17, 15) is 14.7 Å². The van der Waals surface area contributed by atoms with E-state index in [4.69, 9.17) is 4.74 Å². The third-order valence-corrected chi connectivity index (χ3v) is 3.81. The zero-order valence-corrected chi connectivity index (χ0v) is 13.5. The Morgan fingerprint density at radius 3 is 2.74 bits per heavy atom. The van der Waals surface area contributed by atoms with Gasteiger partial charge < -0.3 is 20.0 Å². The van der Waals surface area contributed by atoms with Gasteiger partial charge in [-0.15, -0.1) is 5.10 Å². The molecule has 1 aromatic rings. The van der Waals surface area contributed by atoms with Crippen molar-refractivity contribution in [3.8, 4) is 5.75 Å². The highest BCUT2D eigenvalue weighted by Gasteiger charge is 2.30. The molecule has 1 N–H and O–H groups in total. The van der Waals surface area contributed by atoms with Gasteiger partial charge in [0.15, 0.2) is 5.17 Å². The molecule has 1 atom stereocenters. The van der Waals surface area contributed by atoms with Gasteiger partial charge in [-0.1, -0.05) is 11.8 Å². The smallest absolute Gasteiger partial charge is 0.239 e. The van der Waals surface area contributed by atoms with Gasteiger partial charge in [0.2, 0.25) is 5.91 Å². The standard InChI is InChI=1S/C15H17N3O4S/c1-9(2)22-11-5-3-10(4-6-11)8-16-18-15-17-14(21)12(23-15)7-13(19)20/h3-6,8-9,12H,7H2,1-2H3,(H,19,20)(H,17,18,21)/p-1/b16-8-/t12-/m0/s1. The first-order chi connectivity index (χ1) is 10.9. The number of amidine groups is 1. The van der Waals surface area contributed by atoms with Gasteiger partial charge in [-0.2, -0.15) is 5.10 Å². The number of hydrogen-bond donors (Lipinski definition) is 1. The average Bonchev–Trinajstić information content (AvgIpc) is 2.80. The molecule has 0 bridgehead atoms. The molecule has 0 saturated carbocycles. The van der Waals surface area contributed by atoms with Crippen LogP contribution in [0.15, 0.2) is 34.5 Å². The molecule has 0 aliphatic carbocycles. The first kappa shape index (κ1) is 17.0. The monoisotopic (exact) mass is 334 g/mol. The van der Waals surface area contributed by atoms with E-state index in [1.165, 1.54) is 6.21 Å². The highest BCUT2D eigenvalue weighted by atomic mass is 32.2. The molecule has 1 fully saturated rings. The van der Waals surface area contributed by atoms with Crippen LogP contribution < -0.4 is 15.2 Å². The molecule has 1 aromatic carbocycles. The summed E-state index contributed by atoms with van der Waals surface area (Å²) in [5.41, 5.74) is 0.825. The van der Waals surface area contributed by atoms with Crippen molar-refractivity contribution in [2.75, 3.05) is 0 Å². The Kier molecular flexibility index (Phi) is 5.75. The predicted octanol–water partition coefficient (Wildman–Crippen LogP) is 0.535. The van der Waals surface area contributed by atoms with E-state index in [1.54, 1.807) is 0 Å². The fourth-order valence-electron chi connectivity index (χ4n) is 1.79. The fourth-order valence-corrected chi connectivity index (χ4v) is 2.70. The Morgan fingerprint density at radius 2 is 2.13 bits per heavy atom. The van der Waals surface area contributed by atoms with Crippen LogP contribution in [0, 0.1) is 0 Å². The summed E-state index contributed by atoms with van der Waals surface area (Å²) >= 11 is 1.03. The Hall–Kier alpha value is -2.35. The van der Waals surface area contributed by atoms with E-state index >= 15 is 0 Å². The fraction of sp³-hybridized carbons (Fsp3) is 0.333. The topological polar surface area (TPSA) is 103 Å². The van der Waals surface area contributed by atoms with Crippen LogP contribution >= 0.6 is 11.8 Å². The van der Waals surface area contributed by atoms with Gasteiger partial charge in [0.25, 0.3) is 0 Å². The zero-order valence-electron chi connectivity index (χ0n) is 12.7. The Balaban J connectivity index is 1.93. The third kappa shape index (κ3) is 5.41. The maximum Gasteiger partial charge on any atom is 0.239 e. The second-order valence-corrected chi connectivity index (χ2v) is 6.25. The molecule has 1 heterocycles. The molecule has 2 rings (SSSR count). The number of carbonyl (C=O) groups excluding carboxylic acids is 2. The molecule has 0 aromatic heterocycles. The van der Waals surface area contributed by atoms with Crippen molar-refractivity contribution in [1.29, 1.82) is 0 Å². The minimum Gasteiger partial charge on any atom is -0.550 e. The average molecular weight is 334 g/mol. The molecule has 1 aliphatic heterocycles. The summed E-state index contributed by atoms with van der Waals surface area (Å²) in [6.45, 7) is 3.90. The van der Waals surface area contributed by atoms with Crippen LogP contribution in [-0.4, -0.2) is 34.6 Å². The molecule has 7 nitrogen and oxygen atoms in total. The number of thioether (sulfide) groups is 1. The zero-order chi connectivity index (χ0) is 16.8. The lowest BCUT2D eigenvalue weighted by Crippen LogP contribution is -2.31. The number of amides is 1. The highest BCUT2D eigenvalue weighted by molar-refractivity contribution is 8.15. The molecular weight excluding hydrogens is 318 g/mol. The molecule has 8 heteroatoms. The number of carboxylic acids is 1. The van der Waals surface area contributed by atoms with Crippen LogP contribution in [0.25, 0.3) is 0 Å². The molecule has 0 radical (unpaired) electrons. The lowest BCUT2D eigenvalue weighted by molar-refractivity contribution is -0.305. The van der Waals surface area contributed by atoms with Crippen LogP contribution in [0.3, 0.4) is 0 Å². The molecule has 0 unspecified atom stereocenters. The maximum atomic E-state index is 11.5. The largest absolute Gasteiger partial charge is 0.550 e. The first-order valence-corrected chi connectivity index (χ1v) is 7.87. The van der Waals surface area contributed by atoms with Gasteiger partial charge in [0.1, 0.15) is 5.75 Å². The minimum atomic E-state index is -1.27. The number of benzene rings is 1. The van der Waals surface area contributed by atoms with Gasteiger partial charge in [-0.25, -0.2) is 0 Å². The van der Waals surface area contributed by atoms with E-state index < -0.39 is 17.1 Å². The SMILES string of the molecule is CC(C)Oc1ccc(/C=N\N=C2/NC(=O)[C@H](CC(=O)[O-])S2)cc1. The number of rotatable bonds is 6. The van der Waals surface area contributed by atoms with Crippen molar-refractivity contribution >= 4 is 35.0 Å². The van der Waals surface area contributed by atoms with E-state index in [2.05, 4.69) is 15.5 Å². The summed E-state index contributed by atoms with van der Waals surface area (Å²) in [6, 6.07) is 7.33. The van der Waals surface area contributed by atoms with Gasteiger partial charge in [-0.3, -0.25) is 4.79 Å². The Bertz CT molecular complexity index is 641. The summed E-state index contributed by atoms with van der Waals surface area (Å²) in [6.07, 6.45) is 1.29. The number of ether oxygens (including phenoxy) is 1. The summed E-state index contributed by atoms with van der Waals surface area (Å²) in [5, 5.41) is 20.3. The lowest BCUT2D eigenvalue weighted by atomic mass is 10.2.